The fourth-order valence-corrected chi connectivity index (χ4v) is 2.71. The lowest BCUT2D eigenvalue weighted by Crippen LogP contribution is -2.48. The minimum atomic E-state index is -0.723. The van der Waals surface area contributed by atoms with Crippen molar-refractivity contribution in [2.75, 3.05) is 6.61 Å². The van der Waals surface area contributed by atoms with Crippen LogP contribution in [0.1, 0.15) is 49.5 Å². The highest BCUT2D eigenvalue weighted by atomic mass is 35.5. The van der Waals surface area contributed by atoms with Crippen LogP contribution in [0.2, 0.25) is 5.02 Å². The molecule has 6 nitrogen and oxygen atoms in total. The summed E-state index contributed by atoms with van der Waals surface area (Å²) in [7, 11) is 0. The van der Waals surface area contributed by atoms with E-state index in [0.717, 1.165) is 24.2 Å². The Bertz CT molecular complexity index is 849. The number of benzene rings is 2. The third-order valence-corrected chi connectivity index (χ3v) is 4.63. The molecule has 30 heavy (non-hydrogen) atoms. The van der Waals surface area contributed by atoms with Crippen LogP contribution < -0.4 is 15.5 Å². The van der Waals surface area contributed by atoms with Gasteiger partial charge in [0.05, 0.1) is 12.8 Å². The number of carbonyl (C=O) groups excluding carboxylic acids is 2. The molecule has 0 fully saturated rings. The minimum Gasteiger partial charge on any atom is -0.494 e. The molecule has 0 bridgehead atoms. The van der Waals surface area contributed by atoms with Crippen LogP contribution in [0.4, 0.5) is 0 Å². The first-order chi connectivity index (χ1) is 14.4. The molecule has 0 radical (unpaired) electrons. The monoisotopic (exact) mass is 429 g/mol. The largest absolute Gasteiger partial charge is 0.494 e. The van der Waals surface area contributed by atoms with Gasteiger partial charge in [0.2, 0.25) is 0 Å². The van der Waals surface area contributed by atoms with E-state index in [0.29, 0.717) is 17.2 Å². The second kappa shape index (κ2) is 12.0. The second-order valence-electron chi connectivity index (χ2n) is 7.21. The molecule has 0 aromatic heterocycles. The molecule has 2 rings (SSSR count). The molecule has 160 valence electrons. The Balaban J connectivity index is 1.91. The van der Waals surface area contributed by atoms with Crippen LogP contribution in [0.15, 0.2) is 53.6 Å². The second-order valence-corrected chi connectivity index (χ2v) is 7.64. The van der Waals surface area contributed by atoms with Gasteiger partial charge in [-0.3, -0.25) is 9.59 Å². The van der Waals surface area contributed by atoms with Crippen LogP contribution in [-0.4, -0.2) is 30.7 Å². The molecule has 0 saturated heterocycles. The average molecular weight is 430 g/mol. The minimum absolute atomic E-state index is 0.115. The lowest BCUT2D eigenvalue weighted by molar-refractivity contribution is -0.123. The highest BCUT2D eigenvalue weighted by molar-refractivity contribution is 6.30. The van der Waals surface area contributed by atoms with Gasteiger partial charge in [0.15, 0.2) is 0 Å². The Kier molecular flexibility index (Phi) is 9.35. The van der Waals surface area contributed by atoms with Crippen molar-refractivity contribution in [2.45, 2.75) is 39.7 Å². The number of nitrogens with one attached hydrogen (secondary N) is 2. The fraction of sp³-hybridized carbons (Fsp3) is 0.348. The molecule has 1 atom stereocenters. The predicted octanol–water partition coefficient (Wildman–Crippen LogP) is 4.42. The van der Waals surface area contributed by atoms with Gasteiger partial charge >= 0.3 is 0 Å². The summed E-state index contributed by atoms with van der Waals surface area (Å²) in [6.45, 7) is 6.52. The van der Waals surface area contributed by atoms with Gasteiger partial charge in [-0.15, -0.1) is 0 Å². The van der Waals surface area contributed by atoms with E-state index in [-0.39, 0.29) is 17.7 Å². The lowest BCUT2D eigenvalue weighted by atomic mass is 10.0. The van der Waals surface area contributed by atoms with Gasteiger partial charge in [-0.1, -0.05) is 38.8 Å². The van der Waals surface area contributed by atoms with Crippen LogP contribution in [0.5, 0.6) is 5.75 Å². The van der Waals surface area contributed by atoms with Crippen LogP contribution in [0.3, 0.4) is 0 Å². The fourth-order valence-electron chi connectivity index (χ4n) is 2.59. The number of nitrogens with zero attached hydrogens (tertiary/aromatic N) is 1. The zero-order valence-corrected chi connectivity index (χ0v) is 18.3. The van der Waals surface area contributed by atoms with E-state index in [2.05, 4.69) is 22.8 Å². The number of hydrogen-bond donors (Lipinski definition) is 2. The summed E-state index contributed by atoms with van der Waals surface area (Å²) in [5, 5.41) is 7.30. The van der Waals surface area contributed by atoms with Crippen molar-refractivity contribution in [1.82, 2.24) is 10.7 Å². The van der Waals surface area contributed by atoms with Crippen LogP contribution in [0, 0.1) is 5.92 Å². The van der Waals surface area contributed by atoms with E-state index in [1.54, 1.807) is 30.5 Å². The Morgan fingerprint density at radius 2 is 1.77 bits per heavy atom. The smallest absolute Gasteiger partial charge is 0.262 e. The highest BCUT2D eigenvalue weighted by Gasteiger charge is 2.24. The maximum Gasteiger partial charge on any atom is 0.262 e. The predicted molar refractivity (Wildman–Crippen MR) is 120 cm³/mol. The van der Waals surface area contributed by atoms with E-state index in [9.17, 15) is 9.59 Å². The zero-order chi connectivity index (χ0) is 21.9. The van der Waals surface area contributed by atoms with Gasteiger partial charge in [0.25, 0.3) is 11.8 Å². The number of hydrogen-bond acceptors (Lipinski definition) is 4. The Morgan fingerprint density at radius 1 is 1.10 bits per heavy atom. The van der Waals surface area contributed by atoms with Crippen molar-refractivity contribution < 1.29 is 14.3 Å². The standard InChI is InChI=1S/C23H28ClN3O3/c1-4-5-14-30-20-12-6-17(7-13-20)15-25-27-23(29)21(16(2)3)26-22(28)18-8-10-19(24)11-9-18/h6-13,15-16,21H,4-5,14H2,1-3H3,(H,26,28)(H,27,29)/b25-15+. The SMILES string of the molecule is CCCCOc1ccc(/C=N/NC(=O)C(NC(=O)c2ccc(Cl)cc2)C(C)C)cc1. The third kappa shape index (κ3) is 7.52. The molecular formula is C23H28ClN3O3. The number of carbonyl (C=O) groups is 2. The van der Waals surface area contributed by atoms with Gasteiger partial charge in [-0.25, -0.2) is 5.43 Å². The first-order valence-electron chi connectivity index (χ1n) is 10.0. The maximum absolute atomic E-state index is 12.5. The summed E-state index contributed by atoms with van der Waals surface area (Å²) in [4.78, 5) is 24.9. The van der Waals surface area contributed by atoms with Gasteiger partial charge in [-0.05, 0) is 66.4 Å². The van der Waals surface area contributed by atoms with Crippen LogP contribution >= 0.6 is 11.6 Å². The van der Waals surface area contributed by atoms with E-state index in [4.69, 9.17) is 16.3 Å². The summed E-state index contributed by atoms with van der Waals surface area (Å²) in [6.07, 6.45) is 3.65. The summed E-state index contributed by atoms with van der Waals surface area (Å²) in [6, 6.07) is 13.2. The summed E-state index contributed by atoms with van der Waals surface area (Å²) >= 11 is 5.85. The summed E-state index contributed by atoms with van der Waals surface area (Å²) in [5.74, 6) is -0.0448. The third-order valence-electron chi connectivity index (χ3n) is 4.38. The van der Waals surface area contributed by atoms with Crippen molar-refractivity contribution in [3.63, 3.8) is 0 Å². The molecule has 0 aliphatic heterocycles. The van der Waals surface area contributed by atoms with Gasteiger partial charge in [-0.2, -0.15) is 5.10 Å². The number of unbranched alkanes of at least 4 members (excludes halogenated alkanes) is 1. The van der Waals surface area contributed by atoms with Gasteiger partial charge in [0.1, 0.15) is 11.8 Å². The van der Waals surface area contributed by atoms with E-state index >= 15 is 0 Å². The molecule has 2 N–H and O–H groups in total. The van der Waals surface area contributed by atoms with Crippen LogP contribution in [0.25, 0.3) is 0 Å². The topological polar surface area (TPSA) is 79.8 Å². The molecule has 1 unspecified atom stereocenters. The molecular weight excluding hydrogens is 402 g/mol. The number of rotatable bonds is 10. The zero-order valence-electron chi connectivity index (χ0n) is 17.5. The maximum atomic E-state index is 12.5. The molecule has 7 heteroatoms. The molecule has 2 aromatic rings. The number of ether oxygens (including phenoxy) is 1. The molecule has 0 spiro atoms. The normalized spacial score (nSPS) is 12.0. The molecule has 0 aliphatic carbocycles. The number of hydrazone groups is 1. The van der Waals surface area contributed by atoms with Gasteiger partial charge < -0.3 is 10.1 Å². The molecule has 2 aromatic carbocycles. The van der Waals surface area contributed by atoms with Gasteiger partial charge in [0, 0.05) is 10.6 Å². The van der Waals surface area contributed by atoms with E-state index in [1.165, 1.54) is 0 Å². The van der Waals surface area contributed by atoms with Crippen molar-refractivity contribution in [3.05, 3.63) is 64.7 Å². The quantitative estimate of drug-likeness (QED) is 0.333. The van der Waals surface area contributed by atoms with E-state index in [1.807, 2.05) is 38.1 Å². The Morgan fingerprint density at radius 3 is 2.37 bits per heavy atom. The first kappa shape index (κ1) is 23.4. The summed E-state index contributed by atoms with van der Waals surface area (Å²) < 4.78 is 5.62. The highest BCUT2D eigenvalue weighted by Crippen LogP contribution is 2.12. The number of halogens is 1. The summed E-state index contributed by atoms with van der Waals surface area (Å²) in [5.41, 5.74) is 3.75. The average Bonchev–Trinajstić information content (AvgIpc) is 2.73. The molecule has 0 saturated carbocycles. The van der Waals surface area contributed by atoms with Crippen molar-refractivity contribution in [2.24, 2.45) is 11.0 Å². The molecule has 0 aliphatic rings. The van der Waals surface area contributed by atoms with Crippen molar-refractivity contribution in [3.8, 4) is 5.75 Å². The Labute approximate surface area is 182 Å². The number of amides is 2. The van der Waals surface area contributed by atoms with E-state index < -0.39 is 6.04 Å². The molecule has 2 amide bonds. The lowest BCUT2D eigenvalue weighted by Gasteiger charge is -2.20. The van der Waals surface area contributed by atoms with Crippen molar-refractivity contribution >= 4 is 29.6 Å². The Hall–Kier alpha value is -2.86. The first-order valence-corrected chi connectivity index (χ1v) is 10.4. The van der Waals surface area contributed by atoms with Crippen molar-refractivity contribution in [1.29, 1.82) is 0 Å². The van der Waals surface area contributed by atoms with Crippen LogP contribution in [-0.2, 0) is 4.79 Å². The molecule has 0 heterocycles.